The molecule has 3 rings (SSSR count). The lowest BCUT2D eigenvalue weighted by Crippen LogP contribution is -2.35. The van der Waals surface area contributed by atoms with E-state index in [1.54, 1.807) is 11.3 Å². The summed E-state index contributed by atoms with van der Waals surface area (Å²) in [4.78, 5) is 1.24. The largest absolute Gasteiger partial charge is 0.396 e. The number of anilines is 1. The van der Waals surface area contributed by atoms with Crippen LogP contribution in [0.4, 0.5) is 5.69 Å². The quantitative estimate of drug-likeness (QED) is 0.832. The molecule has 0 radical (unpaired) electrons. The van der Waals surface area contributed by atoms with Gasteiger partial charge in [-0.15, -0.1) is 11.3 Å². The fourth-order valence-corrected chi connectivity index (χ4v) is 5.36. The monoisotopic (exact) mass is 362 g/mol. The van der Waals surface area contributed by atoms with Crippen LogP contribution in [0.25, 0.3) is 0 Å². The van der Waals surface area contributed by atoms with E-state index in [4.69, 9.17) is 28.9 Å². The summed E-state index contributed by atoms with van der Waals surface area (Å²) in [6.07, 6.45) is 0.715. The lowest BCUT2D eigenvalue weighted by atomic mass is 10.1. The Bertz CT molecular complexity index is 802. The summed E-state index contributed by atoms with van der Waals surface area (Å²) < 4.78 is 26.9. The van der Waals surface area contributed by atoms with Gasteiger partial charge in [-0.2, -0.15) is 4.31 Å². The van der Waals surface area contributed by atoms with E-state index in [9.17, 15) is 8.42 Å². The summed E-state index contributed by atoms with van der Waals surface area (Å²) in [6.45, 7) is 0.800. The molecule has 0 saturated heterocycles. The van der Waals surface area contributed by atoms with Crippen molar-refractivity contribution in [3.63, 3.8) is 0 Å². The zero-order chi connectivity index (χ0) is 15.2. The summed E-state index contributed by atoms with van der Waals surface area (Å²) in [5, 5.41) is 2.21. The van der Waals surface area contributed by atoms with Crippen LogP contribution in [0.2, 0.25) is 10.0 Å². The van der Waals surface area contributed by atoms with Crippen molar-refractivity contribution in [1.82, 2.24) is 4.31 Å². The molecular weight excluding hydrogens is 351 g/mol. The average Bonchev–Trinajstić information content (AvgIpc) is 2.92. The lowest BCUT2D eigenvalue weighted by molar-refractivity contribution is 0.394. The number of fused-ring (bicyclic) bond motifs is 1. The van der Waals surface area contributed by atoms with Crippen molar-refractivity contribution in [2.45, 2.75) is 17.9 Å². The molecule has 1 aromatic heterocycles. The SMILES string of the molecule is Nc1c(Cl)ccc(S(=O)(=O)N2CCc3sccc3C2)c1Cl. The van der Waals surface area contributed by atoms with Crippen molar-refractivity contribution < 1.29 is 8.42 Å². The molecule has 4 nitrogen and oxygen atoms in total. The third-order valence-electron chi connectivity index (χ3n) is 3.48. The molecule has 0 fully saturated rings. The molecule has 112 valence electrons. The van der Waals surface area contributed by atoms with Crippen LogP contribution in [0, 0.1) is 0 Å². The maximum atomic E-state index is 12.7. The summed E-state index contributed by atoms with van der Waals surface area (Å²) in [5.74, 6) is 0. The van der Waals surface area contributed by atoms with E-state index in [-0.39, 0.29) is 20.6 Å². The summed E-state index contributed by atoms with van der Waals surface area (Å²) in [7, 11) is -3.69. The van der Waals surface area contributed by atoms with Crippen molar-refractivity contribution in [3.8, 4) is 0 Å². The van der Waals surface area contributed by atoms with Gasteiger partial charge in [-0.05, 0) is 35.6 Å². The zero-order valence-corrected chi connectivity index (χ0v) is 14.0. The molecular formula is C13H12Cl2N2O2S2. The van der Waals surface area contributed by atoms with Crippen LogP contribution in [0.1, 0.15) is 10.4 Å². The van der Waals surface area contributed by atoms with Crippen LogP contribution >= 0.6 is 34.5 Å². The van der Waals surface area contributed by atoms with E-state index >= 15 is 0 Å². The fourth-order valence-electron chi connectivity index (χ4n) is 2.32. The standard InChI is InChI=1S/C13H12Cl2N2O2S2/c14-9-1-2-11(12(15)13(9)16)21(18,19)17-5-3-10-8(7-17)4-6-20-10/h1-2,4,6H,3,5,7,16H2. The van der Waals surface area contributed by atoms with Crippen LogP contribution in [0.5, 0.6) is 0 Å². The van der Waals surface area contributed by atoms with E-state index in [0.717, 1.165) is 5.56 Å². The predicted octanol–water partition coefficient (Wildman–Crippen LogP) is 3.38. The minimum Gasteiger partial charge on any atom is -0.396 e. The highest BCUT2D eigenvalue weighted by atomic mass is 35.5. The summed E-state index contributed by atoms with van der Waals surface area (Å²) >= 11 is 13.6. The first-order chi connectivity index (χ1) is 9.91. The topological polar surface area (TPSA) is 63.4 Å². The minimum atomic E-state index is -3.69. The van der Waals surface area contributed by atoms with Crippen LogP contribution < -0.4 is 5.73 Å². The molecule has 21 heavy (non-hydrogen) atoms. The molecule has 0 unspecified atom stereocenters. The van der Waals surface area contributed by atoms with Gasteiger partial charge in [0.25, 0.3) is 0 Å². The third kappa shape index (κ3) is 2.55. The van der Waals surface area contributed by atoms with Gasteiger partial charge in [-0.1, -0.05) is 23.2 Å². The minimum absolute atomic E-state index is 0.00439. The van der Waals surface area contributed by atoms with Gasteiger partial charge in [-0.3, -0.25) is 0 Å². The normalized spacial score (nSPS) is 15.9. The maximum Gasteiger partial charge on any atom is 0.244 e. The second kappa shape index (κ2) is 5.44. The number of nitrogen functional groups attached to an aromatic ring is 1. The van der Waals surface area contributed by atoms with Crippen LogP contribution in [0.3, 0.4) is 0 Å². The van der Waals surface area contributed by atoms with Crippen molar-refractivity contribution >= 4 is 50.2 Å². The van der Waals surface area contributed by atoms with Gasteiger partial charge in [-0.25, -0.2) is 8.42 Å². The number of thiophene rings is 1. The van der Waals surface area contributed by atoms with Gasteiger partial charge in [0.2, 0.25) is 10.0 Å². The molecule has 0 amide bonds. The Balaban J connectivity index is 2.01. The Kier molecular flexibility index (Phi) is 3.92. The fraction of sp³-hybridized carbons (Fsp3) is 0.231. The summed E-state index contributed by atoms with van der Waals surface area (Å²) in [5.41, 5.74) is 6.86. The van der Waals surface area contributed by atoms with Gasteiger partial charge < -0.3 is 5.73 Å². The zero-order valence-electron chi connectivity index (χ0n) is 10.8. The number of sulfonamides is 1. The Morgan fingerprint density at radius 3 is 2.76 bits per heavy atom. The van der Waals surface area contributed by atoms with Gasteiger partial charge in [0, 0.05) is 18.0 Å². The highest BCUT2D eigenvalue weighted by Crippen LogP contribution is 2.36. The molecule has 2 heterocycles. The number of halogens is 2. The van der Waals surface area contributed by atoms with Gasteiger partial charge >= 0.3 is 0 Å². The van der Waals surface area contributed by atoms with Crippen molar-refractivity contribution in [3.05, 3.63) is 44.1 Å². The number of hydrogen-bond donors (Lipinski definition) is 1. The smallest absolute Gasteiger partial charge is 0.244 e. The molecule has 8 heteroatoms. The average molecular weight is 363 g/mol. The molecule has 1 aliphatic rings. The van der Waals surface area contributed by atoms with Gasteiger partial charge in [0.05, 0.1) is 15.7 Å². The van der Waals surface area contributed by atoms with E-state index in [2.05, 4.69) is 0 Å². The number of benzene rings is 1. The van der Waals surface area contributed by atoms with Crippen LogP contribution in [0.15, 0.2) is 28.5 Å². The number of rotatable bonds is 2. The van der Waals surface area contributed by atoms with E-state index in [1.807, 2.05) is 11.4 Å². The molecule has 1 aromatic carbocycles. The Morgan fingerprint density at radius 1 is 1.24 bits per heavy atom. The Morgan fingerprint density at radius 2 is 2.00 bits per heavy atom. The van der Waals surface area contributed by atoms with Crippen molar-refractivity contribution in [2.24, 2.45) is 0 Å². The van der Waals surface area contributed by atoms with Gasteiger partial charge in [0.1, 0.15) is 4.90 Å². The first-order valence-electron chi connectivity index (χ1n) is 6.20. The maximum absolute atomic E-state index is 12.7. The number of nitrogens with zero attached hydrogens (tertiary/aromatic N) is 1. The second-order valence-electron chi connectivity index (χ2n) is 4.73. The highest BCUT2D eigenvalue weighted by Gasteiger charge is 2.31. The highest BCUT2D eigenvalue weighted by molar-refractivity contribution is 7.89. The third-order valence-corrected chi connectivity index (χ3v) is 7.24. The molecule has 0 atom stereocenters. The molecule has 0 aliphatic carbocycles. The van der Waals surface area contributed by atoms with Crippen LogP contribution in [-0.4, -0.2) is 19.3 Å². The van der Waals surface area contributed by atoms with Gasteiger partial charge in [0.15, 0.2) is 0 Å². The second-order valence-corrected chi connectivity index (χ2v) is 8.42. The van der Waals surface area contributed by atoms with Crippen molar-refractivity contribution in [2.75, 3.05) is 12.3 Å². The molecule has 2 aromatic rings. The number of hydrogen-bond acceptors (Lipinski definition) is 4. The molecule has 2 N–H and O–H groups in total. The Labute approximate surface area is 137 Å². The van der Waals surface area contributed by atoms with E-state index in [0.29, 0.717) is 19.5 Å². The first-order valence-corrected chi connectivity index (χ1v) is 9.27. The first kappa shape index (κ1) is 15.1. The van der Waals surface area contributed by atoms with Crippen molar-refractivity contribution in [1.29, 1.82) is 0 Å². The molecule has 0 saturated carbocycles. The Hall–Kier alpha value is -0.790. The molecule has 1 aliphatic heterocycles. The molecule has 0 spiro atoms. The van der Waals surface area contributed by atoms with E-state index in [1.165, 1.54) is 21.3 Å². The molecule has 0 bridgehead atoms. The van der Waals surface area contributed by atoms with E-state index < -0.39 is 10.0 Å². The summed E-state index contributed by atoms with van der Waals surface area (Å²) in [6, 6.07) is 4.81. The predicted molar refractivity (Wildman–Crippen MR) is 86.5 cm³/mol. The number of nitrogens with two attached hydrogens (primary N) is 1. The lowest BCUT2D eigenvalue weighted by Gasteiger charge is -2.26. The van der Waals surface area contributed by atoms with Crippen LogP contribution in [-0.2, 0) is 23.0 Å².